The van der Waals surface area contributed by atoms with Crippen LogP contribution in [0, 0.1) is 10.1 Å². The van der Waals surface area contributed by atoms with E-state index in [4.69, 9.17) is 0 Å². The molecule has 116 valence electrons. The van der Waals surface area contributed by atoms with E-state index < -0.39 is 10.8 Å². The average molecular weight is 303 g/mol. The molecule has 0 N–H and O–H groups in total. The number of carbonyl (C=O) groups excluding carboxylic acids is 2. The molecule has 1 aromatic carbocycles. The zero-order valence-electron chi connectivity index (χ0n) is 12.3. The van der Waals surface area contributed by atoms with Gasteiger partial charge in [0.1, 0.15) is 0 Å². The zero-order chi connectivity index (χ0) is 15.9. The van der Waals surface area contributed by atoms with Crippen LogP contribution in [0.15, 0.2) is 18.2 Å². The van der Waals surface area contributed by atoms with Crippen LogP contribution in [0.5, 0.6) is 0 Å². The number of piperidine rings is 1. The molecule has 2 heterocycles. The Kier molecular flexibility index (Phi) is 3.66. The highest BCUT2D eigenvalue weighted by molar-refractivity contribution is 6.21. The maximum atomic E-state index is 12.5. The monoisotopic (exact) mass is 303 g/mol. The first-order valence-electron chi connectivity index (χ1n) is 7.41. The van der Waals surface area contributed by atoms with Gasteiger partial charge in [0.2, 0.25) is 0 Å². The van der Waals surface area contributed by atoms with E-state index in [1.807, 2.05) is 6.92 Å². The molecule has 7 nitrogen and oxygen atoms in total. The van der Waals surface area contributed by atoms with E-state index in [0.29, 0.717) is 6.54 Å². The number of likely N-dealkylation sites (tertiary alicyclic amines) is 1. The summed E-state index contributed by atoms with van der Waals surface area (Å²) in [5.74, 6) is -0.746. The van der Waals surface area contributed by atoms with Crippen molar-refractivity contribution in [2.24, 2.45) is 0 Å². The number of imide groups is 1. The first-order chi connectivity index (χ1) is 10.5. The minimum absolute atomic E-state index is 0.146. The lowest BCUT2D eigenvalue weighted by atomic mass is 10.0. The molecule has 0 radical (unpaired) electrons. The van der Waals surface area contributed by atoms with Crippen molar-refractivity contribution in [1.29, 1.82) is 0 Å². The summed E-state index contributed by atoms with van der Waals surface area (Å²) in [6, 6.07) is 3.71. The van der Waals surface area contributed by atoms with Gasteiger partial charge in [0, 0.05) is 18.7 Å². The molecule has 1 aromatic rings. The fraction of sp³-hybridized carbons (Fsp3) is 0.467. The maximum Gasteiger partial charge on any atom is 0.270 e. The van der Waals surface area contributed by atoms with Crippen LogP contribution in [0.2, 0.25) is 0 Å². The largest absolute Gasteiger partial charge is 0.302 e. The highest BCUT2D eigenvalue weighted by Gasteiger charge is 2.41. The number of amides is 2. The SMILES string of the molecule is CCN1CCCC(N2C(=O)c3ccc([N+](=O)[O-])cc3C2=O)C1. The van der Waals surface area contributed by atoms with Crippen molar-refractivity contribution < 1.29 is 14.5 Å². The molecule has 3 rings (SSSR count). The molecule has 2 aliphatic heterocycles. The Hall–Kier alpha value is -2.28. The molecule has 2 amide bonds. The summed E-state index contributed by atoms with van der Waals surface area (Å²) in [6.45, 7) is 4.57. The first-order valence-corrected chi connectivity index (χ1v) is 7.41. The van der Waals surface area contributed by atoms with Crippen LogP contribution < -0.4 is 0 Å². The Labute approximate surface area is 127 Å². The third-order valence-corrected chi connectivity index (χ3v) is 4.41. The van der Waals surface area contributed by atoms with E-state index in [1.54, 1.807) is 0 Å². The first kappa shape index (κ1) is 14.6. The van der Waals surface area contributed by atoms with E-state index in [-0.39, 0.29) is 28.8 Å². The molecule has 7 heteroatoms. The lowest BCUT2D eigenvalue weighted by Gasteiger charge is -2.36. The van der Waals surface area contributed by atoms with Crippen LogP contribution in [0.3, 0.4) is 0 Å². The van der Waals surface area contributed by atoms with Crippen LogP contribution in [0.25, 0.3) is 0 Å². The van der Waals surface area contributed by atoms with Gasteiger partial charge in [-0.15, -0.1) is 0 Å². The summed E-state index contributed by atoms with van der Waals surface area (Å²) in [7, 11) is 0. The molecule has 1 unspecified atom stereocenters. The van der Waals surface area contributed by atoms with Crippen LogP contribution in [-0.4, -0.2) is 52.2 Å². The van der Waals surface area contributed by atoms with Gasteiger partial charge in [0.25, 0.3) is 17.5 Å². The molecule has 2 aliphatic rings. The van der Waals surface area contributed by atoms with Gasteiger partial charge in [-0.3, -0.25) is 24.6 Å². The van der Waals surface area contributed by atoms with Crippen molar-refractivity contribution in [1.82, 2.24) is 9.80 Å². The summed E-state index contributed by atoms with van der Waals surface area (Å²) >= 11 is 0. The number of nitro groups is 1. The van der Waals surface area contributed by atoms with E-state index in [0.717, 1.165) is 25.9 Å². The van der Waals surface area contributed by atoms with E-state index >= 15 is 0 Å². The average Bonchev–Trinajstić information content (AvgIpc) is 2.78. The van der Waals surface area contributed by atoms with E-state index in [9.17, 15) is 19.7 Å². The standard InChI is InChI=1S/C15H17N3O4/c1-2-16-7-3-4-11(9-16)17-14(19)12-6-5-10(18(21)22)8-13(12)15(17)20/h5-6,8,11H,2-4,7,9H2,1H3. The normalized spacial score (nSPS) is 22.0. The molecule has 0 aliphatic carbocycles. The van der Waals surface area contributed by atoms with Crippen molar-refractivity contribution >= 4 is 17.5 Å². The second-order valence-electron chi connectivity index (χ2n) is 5.66. The summed E-state index contributed by atoms with van der Waals surface area (Å²) in [5, 5.41) is 10.8. The quantitative estimate of drug-likeness (QED) is 0.482. The van der Waals surface area contributed by atoms with E-state index in [1.165, 1.54) is 23.1 Å². The predicted molar refractivity (Wildman–Crippen MR) is 78.7 cm³/mol. The molecule has 1 saturated heterocycles. The topological polar surface area (TPSA) is 83.8 Å². The summed E-state index contributed by atoms with van der Waals surface area (Å²) in [6.07, 6.45) is 1.72. The van der Waals surface area contributed by atoms with Gasteiger partial charge in [-0.2, -0.15) is 0 Å². The van der Waals surface area contributed by atoms with Gasteiger partial charge in [-0.05, 0) is 32.0 Å². The van der Waals surface area contributed by atoms with Gasteiger partial charge >= 0.3 is 0 Å². The predicted octanol–water partition coefficient (Wildman–Crippen LogP) is 1.68. The van der Waals surface area contributed by atoms with Gasteiger partial charge < -0.3 is 4.90 Å². The summed E-state index contributed by atoms with van der Waals surface area (Å²) in [5.41, 5.74) is 0.248. The van der Waals surface area contributed by atoms with Crippen molar-refractivity contribution in [3.63, 3.8) is 0 Å². The molecule has 0 spiro atoms. The van der Waals surface area contributed by atoms with Gasteiger partial charge in [0.05, 0.1) is 22.1 Å². The second-order valence-corrected chi connectivity index (χ2v) is 5.66. The van der Waals surface area contributed by atoms with Crippen LogP contribution in [-0.2, 0) is 0 Å². The minimum atomic E-state index is -0.555. The number of nitro benzene ring substituents is 1. The van der Waals surface area contributed by atoms with Gasteiger partial charge in [-0.25, -0.2) is 0 Å². The summed E-state index contributed by atoms with van der Waals surface area (Å²) in [4.78, 5) is 38.8. The van der Waals surface area contributed by atoms with E-state index in [2.05, 4.69) is 4.90 Å². The number of hydrogen-bond acceptors (Lipinski definition) is 5. The minimum Gasteiger partial charge on any atom is -0.302 e. The molecule has 0 saturated carbocycles. The van der Waals surface area contributed by atoms with Crippen molar-refractivity contribution in [3.05, 3.63) is 39.4 Å². The van der Waals surface area contributed by atoms with Crippen LogP contribution in [0.4, 0.5) is 5.69 Å². The van der Waals surface area contributed by atoms with Crippen LogP contribution >= 0.6 is 0 Å². The number of non-ortho nitro benzene ring substituents is 1. The molecular formula is C15H17N3O4. The van der Waals surface area contributed by atoms with Crippen molar-refractivity contribution in [2.45, 2.75) is 25.8 Å². The lowest BCUT2D eigenvalue weighted by molar-refractivity contribution is -0.384. The number of hydrogen-bond donors (Lipinski definition) is 0. The maximum absolute atomic E-state index is 12.5. The number of likely N-dealkylation sites (N-methyl/N-ethyl adjacent to an activating group) is 1. The lowest BCUT2D eigenvalue weighted by Crippen LogP contribution is -2.50. The third kappa shape index (κ3) is 2.27. The number of nitrogens with zero attached hydrogens (tertiary/aromatic N) is 3. The Balaban J connectivity index is 1.91. The Morgan fingerprint density at radius 1 is 1.27 bits per heavy atom. The van der Waals surface area contributed by atoms with Gasteiger partial charge in [0.15, 0.2) is 0 Å². The van der Waals surface area contributed by atoms with Crippen molar-refractivity contribution in [2.75, 3.05) is 19.6 Å². The summed E-state index contributed by atoms with van der Waals surface area (Å²) < 4.78 is 0. The number of rotatable bonds is 3. The molecule has 22 heavy (non-hydrogen) atoms. The molecular weight excluding hydrogens is 286 g/mol. The highest BCUT2D eigenvalue weighted by Crippen LogP contribution is 2.30. The molecule has 0 aromatic heterocycles. The van der Waals surface area contributed by atoms with Crippen LogP contribution in [0.1, 0.15) is 40.5 Å². The number of benzene rings is 1. The number of carbonyl (C=O) groups is 2. The highest BCUT2D eigenvalue weighted by atomic mass is 16.6. The Morgan fingerprint density at radius 3 is 2.68 bits per heavy atom. The van der Waals surface area contributed by atoms with Crippen molar-refractivity contribution in [3.8, 4) is 0 Å². The van der Waals surface area contributed by atoms with Gasteiger partial charge in [-0.1, -0.05) is 6.92 Å². The smallest absolute Gasteiger partial charge is 0.270 e. The fourth-order valence-corrected chi connectivity index (χ4v) is 3.22. The second kappa shape index (κ2) is 5.49. The Morgan fingerprint density at radius 2 is 2.00 bits per heavy atom. The molecule has 1 atom stereocenters. The third-order valence-electron chi connectivity index (χ3n) is 4.41. The Bertz CT molecular complexity index is 658. The zero-order valence-corrected chi connectivity index (χ0v) is 12.3. The molecule has 1 fully saturated rings. The molecule has 0 bridgehead atoms. The fourth-order valence-electron chi connectivity index (χ4n) is 3.22. The number of fused-ring (bicyclic) bond motifs is 1.